The second-order valence-electron chi connectivity index (χ2n) is 5.14. The fourth-order valence-corrected chi connectivity index (χ4v) is 2.78. The molecule has 94 valence electrons. The summed E-state index contributed by atoms with van der Waals surface area (Å²) in [7, 11) is 0. The smallest absolute Gasteiger partial charge is 0.152 e. The van der Waals surface area contributed by atoms with Crippen molar-refractivity contribution in [1.29, 1.82) is 0 Å². The highest BCUT2D eigenvalue weighted by molar-refractivity contribution is 5.95. The van der Waals surface area contributed by atoms with Gasteiger partial charge in [-0.1, -0.05) is 42.5 Å². The van der Waals surface area contributed by atoms with Gasteiger partial charge in [0.05, 0.1) is 0 Å². The molecule has 0 bridgehead atoms. The van der Waals surface area contributed by atoms with Crippen LogP contribution in [0.5, 0.6) is 0 Å². The monoisotopic (exact) mass is 248 g/mol. The van der Waals surface area contributed by atoms with Crippen molar-refractivity contribution in [3.8, 4) is 11.1 Å². The van der Waals surface area contributed by atoms with Crippen molar-refractivity contribution >= 4 is 11.4 Å². The van der Waals surface area contributed by atoms with Crippen LogP contribution in [0, 0.1) is 0 Å². The van der Waals surface area contributed by atoms with Crippen LogP contribution in [0.15, 0.2) is 48.5 Å². The molecular formula is C18H16O. The largest absolute Gasteiger partial charge is 0.295 e. The van der Waals surface area contributed by atoms with E-state index in [9.17, 15) is 4.79 Å². The first kappa shape index (κ1) is 11.9. The second kappa shape index (κ2) is 4.51. The lowest BCUT2D eigenvalue weighted by molar-refractivity contribution is -0.112. The highest BCUT2D eigenvalue weighted by Gasteiger charge is 2.17. The molecule has 0 amide bonds. The number of rotatable bonds is 2. The zero-order valence-corrected chi connectivity index (χ0v) is 11.2. The second-order valence-corrected chi connectivity index (χ2v) is 5.14. The summed E-state index contributed by atoms with van der Waals surface area (Å²) < 4.78 is 0. The molecule has 0 fully saturated rings. The molecule has 0 radical (unpaired) electrons. The van der Waals surface area contributed by atoms with Crippen LogP contribution in [0.25, 0.3) is 16.7 Å². The van der Waals surface area contributed by atoms with Crippen LogP contribution >= 0.6 is 0 Å². The Kier molecular flexibility index (Phi) is 2.83. The lowest BCUT2D eigenvalue weighted by Crippen LogP contribution is -1.88. The van der Waals surface area contributed by atoms with Crippen molar-refractivity contribution in [3.63, 3.8) is 0 Å². The van der Waals surface area contributed by atoms with Crippen molar-refractivity contribution < 1.29 is 4.79 Å². The first-order chi connectivity index (χ1) is 9.15. The van der Waals surface area contributed by atoms with Gasteiger partial charge in [-0.3, -0.25) is 4.79 Å². The Balaban J connectivity index is 2.05. The molecule has 2 aromatic carbocycles. The molecule has 0 aliphatic heterocycles. The SMILES string of the molecule is CC(=O)/C=C(/C)c1ccc2c(c1)Cc1ccccc1-2. The number of ketones is 1. The van der Waals surface area contributed by atoms with Gasteiger partial charge in [0.1, 0.15) is 0 Å². The number of carbonyl (C=O) groups excluding carboxylic acids is 1. The quantitative estimate of drug-likeness (QED) is 0.620. The molecule has 19 heavy (non-hydrogen) atoms. The van der Waals surface area contributed by atoms with Gasteiger partial charge in [0.25, 0.3) is 0 Å². The van der Waals surface area contributed by atoms with Crippen LogP contribution in [-0.2, 0) is 11.2 Å². The van der Waals surface area contributed by atoms with Gasteiger partial charge in [0, 0.05) is 0 Å². The molecule has 0 unspecified atom stereocenters. The predicted molar refractivity (Wildman–Crippen MR) is 79.0 cm³/mol. The van der Waals surface area contributed by atoms with Crippen molar-refractivity contribution in [2.24, 2.45) is 0 Å². The summed E-state index contributed by atoms with van der Waals surface area (Å²) in [4.78, 5) is 11.2. The Bertz CT molecular complexity index is 693. The standard InChI is InChI=1S/C18H16O/c1-12(9-13(2)19)14-7-8-18-16(10-14)11-15-5-3-4-6-17(15)18/h3-10H,11H2,1-2H3/b12-9-. The molecule has 3 rings (SSSR count). The first-order valence-electron chi connectivity index (χ1n) is 6.55. The van der Waals surface area contributed by atoms with Crippen molar-refractivity contribution in [2.45, 2.75) is 20.3 Å². The molecule has 0 saturated carbocycles. The Morgan fingerprint density at radius 2 is 1.74 bits per heavy atom. The van der Waals surface area contributed by atoms with Crippen LogP contribution < -0.4 is 0 Å². The van der Waals surface area contributed by atoms with Gasteiger partial charge >= 0.3 is 0 Å². The van der Waals surface area contributed by atoms with E-state index in [0.717, 1.165) is 17.6 Å². The number of hydrogen-bond donors (Lipinski definition) is 0. The van der Waals surface area contributed by atoms with Gasteiger partial charge < -0.3 is 0 Å². The van der Waals surface area contributed by atoms with E-state index in [1.54, 1.807) is 13.0 Å². The summed E-state index contributed by atoms with van der Waals surface area (Å²) in [5.74, 6) is 0.0984. The average Bonchev–Trinajstić information content (AvgIpc) is 2.75. The molecule has 1 aliphatic carbocycles. The van der Waals surface area contributed by atoms with Crippen molar-refractivity contribution in [2.75, 3.05) is 0 Å². The van der Waals surface area contributed by atoms with Gasteiger partial charge in [-0.25, -0.2) is 0 Å². The van der Waals surface area contributed by atoms with Crippen LogP contribution in [-0.4, -0.2) is 5.78 Å². The van der Waals surface area contributed by atoms with Gasteiger partial charge in [-0.15, -0.1) is 0 Å². The fourth-order valence-electron chi connectivity index (χ4n) is 2.78. The third kappa shape index (κ3) is 2.12. The van der Waals surface area contributed by atoms with E-state index in [0.29, 0.717) is 0 Å². The minimum Gasteiger partial charge on any atom is -0.295 e. The van der Waals surface area contributed by atoms with E-state index in [2.05, 4.69) is 42.5 Å². The number of carbonyl (C=O) groups is 1. The van der Waals surface area contributed by atoms with Crippen LogP contribution in [0.4, 0.5) is 0 Å². The summed E-state index contributed by atoms with van der Waals surface area (Å²) in [5.41, 5.74) is 7.60. The number of hydrogen-bond acceptors (Lipinski definition) is 1. The Labute approximate surface area is 113 Å². The van der Waals surface area contributed by atoms with Gasteiger partial charge in [0.15, 0.2) is 5.78 Å². The molecule has 0 saturated heterocycles. The maximum atomic E-state index is 11.2. The average molecular weight is 248 g/mol. The minimum absolute atomic E-state index is 0.0984. The molecule has 0 heterocycles. The van der Waals surface area contributed by atoms with Crippen LogP contribution in [0.1, 0.15) is 30.5 Å². The Hall–Kier alpha value is -2.15. The maximum Gasteiger partial charge on any atom is 0.152 e. The zero-order chi connectivity index (χ0) is 13.4. The van der Waals surface area contributed by atoms with Gasteiger partial charge in [0.2, 0.25) is 0 Å². The Morgan fingerprint density at radius 3 is 2.53 bits per heavy atom. The Morgan fingerprint density at radius 1 is 1.00 bits per heavy atom. The number of allylic oxidation sites excluding steroid dienone is 2. The normalized spacial score (nSPS) is 13.1. The first-order valence-corrected chi connectivity index (χ1v) is 6.55. The lowest BCUT2D eigenvalue weighted by Gasteiger charge is -2.05. The predicted octanol–water partition coefficient (Wildman–Crippen LogP) is 4.25. The summed E-state index contributed by atoms with van der Waals surface area (Å²) in [5, 5.41) is 0. The van der Waals surface area contributed by atoms with E-state index >= 15 is 0 Å². The molecule has 1 nitrogen and oxygen atoms in total. The van der Waals surface area contributed by atoms with Crippen LogP contribution in [0.3, 0.4) is 0 Å². The van der Waals surface area contributed by atoms with E-state index < -0.39 is 0 Å². The maximum absolute atomic E-state index is 11.2. The molecule has 0 spiro atoms. The third-order valence-electron chi connectivity index (χ3n) is 3.67. The summed E-state index contributed by atoms with van der Waals surface area (Å²) >= 11 is 0. The number of fused-ring (bicyclic) bond motifs is 3. The highest BCUT2D eigenvalue weighted by Crippen LogP contribution is 2.37. The molecule has 1 aliphatic rings. The fraction of sp³-hybridized carbons (Fsp3) is 0.167. The third-order valence-corrected chi connectivity index (χ3v) is 3.67. The zero-order valence-electron chi connectivity index (χ0n) is 11.2. The lowest BCUT2D eigenvalue weighted by atomic mass is 9.99. The number of benzene rings is 2. The van der Waals surface area contributed by atoms with Gasteiger partial charge in [-0.2, -0.15) is 0 Å². The highest BCUT2D eigenvalue weighted by atomic mass is 16.1. The molecule has 0 N–H and O–H groups in total. The van der Waals surface area contributed by atoms with Crippen LogP contribution in [0.2, 0.25) is 0 Å². The summed E-state index contributed by atoms with van der Waals surface area (Å²) in [6, 6.07) is 15.0. The van der Waals surface area contributed by atoms with Crippen molar-refractivity contribution in [3.05, 3.63) is 65.2 Å². The van der Waals surface area contributed by atoms with E-state index in [1.165, 1.54) is 22.3 Å². The van der Waals surface area contributed by atoms with E-state index in [4.69, 9.17) is 0 Å². The molecule has 0 aromatic heterocycles. The molecule has 0 atom stereocenters. The van der Waals surface area contributed by atoms with E-state index in [-0.39, 0.29) is 5.78 Å². The summed E-state index contributed by atoms with van der Waals surface area (Å²) in [6.45, 7) is 3.58. The minimum atomic E-state index is 0.0984. The van der Waals surface area contributed by atoms with Crippen molar-refractivity contribution in [1.82, 2.24) is 0 Å². The van der Waals surface area contributed by atoms with E-state index in [1.807, 2.05) is 6.92 Å². The topological polar surface area (TPSA) is 17.1 Å². The summed E-state index contributed by atoms with van der Waals surface area (Å²) in [6.07, 6.45) is 2.69. The molecule has 1 heteroatoms. The molecule has 2 aromatic rings. The van der Waals surface area contributed by atoms with Gasteiger partial charge in [-0.05, 0) is 59.7 Å². The molecular weight excluding hydrogens is 232 g/mol.